The average molecular weight is 343 g/mol. The van der Waals surface area contributed by atoms with Crippen LogP contribution in [0.25, 0.3) is 0 Å². The Hall–Kier alpha value is -1.30. The summed E-state index contributed by atoms with van der Waals surface area (Å²) in [5, 5.41) is 0. The van der Waals surface area contributed by atoms with Crippen molar-refractivity contribution in [3.8, 4) is 0 Å². The Morgan fingerprint density at radius 1 is 0.680 bits per heavy atom. The van der Waals surface area contributed by atoms with Crippen LogP contribution in [0.5, 0.6) is 0 Å². The smallest absolute Gasteiger partial charge is 0.0166 e. The van der Waals surface area contributed by atoms with Crippen molar-refractivity contribution in [2.75, 3.05) is 0 Å². The zero-order chi connectivity index (χ0) is 19.1. The fourth-order valence-corrected chi connectivity index (χ4v) is 2.65. The highest BCUT2D eigenvalue weighted by atomic mass is 14.0. The van der Waals surface area contributed by atoms with Gasteiger partial charge in [-0.3, -0.25) is 0 Å². The van der Waals surface area contributed by atoms with Gasteiger partial charge in [0.2, 0.25) is 0 Å². The third kappa shape index (κ3) is 17.3. The van der Waals surface area contributed by atoms with Crippen LogP contribution in [-0.2, 0) is 0 Å². The third-order valence-corrected chi connectivity index (χ3v) is 4.36. The highest BCUT2D eigenvalue weighted by molar-refractivity contribution is 5.07. The normalized spacial score (nSPS) is 13.9. The average Bonchev–Trinajstić information content (AvgIpc) is 2.51. The molecule has 0 aromatic carbocycles. The minimum absolute atomic E-state index is 0.677. The van der Waals surface area contributed by atoms with Crippen LogP contribution in [0, 0.1) is 5.92 Å². The number of rotatable bonds is 12. The van der Waals surface area contributed by atoms with Gasteiger partial charge in [-0.1, -0.05) is 65.7 Å². The largest absolute Gasteiger partial charge is 0.0859 e. The maximum atomic E-state index is 2.41. The van der Waals surface area contributed by atoms with Gasteiger partial charge < -0.3 is 0 Å². The van der Waals surface area contributed by atoms with Gasteiger partial charge in [-0.05, 0) is 92.4 Å². The second-order valence-electron chi connectivity index (χ2n) is 7.96. The van der Waals surface area contributed by atoms with Crippen LogP contribution in [0.2, 0.25) is 0 Å². The molecular weight excluding hydrogens is 300 g/mol. The van der Waals surface area contributed by atoms with E-state index < -0.39 is 0 Å². The lowest BCUT2D eigenvalue weighted by molar-refractivity contribution is 0.655. The molecule has 1 unspecified atom stereocenters. The second kappa shape index (κ2) is 15.0. The molecule has 0 aliphatic heterocycles. The molecule has 0 heterocycles. The lowest BCUT2D eigenvalue weighted by atomic mass is 10.0. The van der Waals surface area contributed by atoms with Crippen molar-refractivity contribution in [3.05, 3.63) is 58.7 Å². The summed E-state index contributed by atoms with van der Waals surface area (Å²) < 4.78 is 0. The monoisotopic (exact) mass is 342 g/mol. The highest BCUT2D eigenvalue weighted by Crippen LogP contribution is 2.13. The number of hydrogen-bond donors (Lipinski definition) is 0. The Morgan fingerprint density at radius 2 is 1.20 bits per heavy atom. The molecule has 0 fully saturated rings. The van der Waals surface area contributed by atoms with Crippen LogP contribution in [0.1, 0.15) is 93.4 Å². The lowest BCUT2D eigenvalue weighted by Crippen LogP contribution is -1.88. The van der Waals surface area contributed by atoms with Crippen molar-refractivity contribution < 1.29 is 0 Å². The number of hydrogen-bond acceptors (Lipinski definition) is 0. The topological polar surface area (TPSA) is 0 Å². The minimum atomic E-state index is 0.677. The fraction of sp³-hybridized carbons (Fsp3) is 0.600. The van der Waals surface area contributed by atoms with E-state index in [0.29, 0.717) is 5.92 Å². The SMILES string of the molecule is CC(C)=CCCC(C)=CCCC(C)=CC/C=C/C(C)CCC=C(C)C. The Balaban J connectivity index is 3.99. The summed E-state index contributed by atoms with van der Waals surface area (Å²) in [6.45, 7) is 15.5. The Bertz CT molecular complexity index is 486. The zero-order valence-corrected chi connectivity index (χ0v) is 18.0. The van der Waals surface area contributed by atoms with E-state index in [4.69, 9.17) is 0 Å². The zero-order valence-electron chi connectivity index (χ0n) is 18.0. The summed E-state index contributed by atoms with van der Waals surface area (Å²) in [5.74, 6) is 0.677. The van der Waals surface area contributed by atoms with E-state index in [1.54, 1.807) is 0 Å². The van der Waals surface area contributed by atoms with Crippen molar-refractivity contribution in [1.29, 1.82) is 0 Å². The molecule has 0 amide bonds. The van der Waals surface area contributed by atoms with Crippen LogP contribution in [-0.4, -0.2) is 0 Å². The van der Waals surface area contributed by atoms with E-state index in [-0.39, 0.29) is 0 Å². The fourth-order valence-electron chi connectivity index (χ4n) is 2.65. The molecule has 0 aliphatic rings. The van der Waals surface area contributed by atoms with Crippen molar-refractivity contribution in [2.24, 2.45) is 5.92 Å². The summed E-state index contributed by atoms with van der Waals surface area (Å²) in [7, 11) is 0. The first-order valence-corrected chi connectivity index (χ1v) is 10.1. The molecule has 1 atom stereocenters. The van der Waals surface area contributed by atoms with Crippen LogP contribution >= 0.6 is 0 Å². The van der Waals surface area contributed by atoms with Crippen LogP contribution in [0.4, 0.5) is 0 Å². The maximum absolute atomic E-state index is 2.41. The predicted molar refractivity (Wildman–Crippen MR) is 117 cm³/mol. The van der Waals surface area contributed by atoms with Crippen LogP contribution < -0.4 is 0 Å². The van der Waals surface area contributed by atoms with E-state index in [9.17, 15) is 0 Å². The molecule has 0 heteroatoms. The van der Waals surface area contributed by atoms with E-state index in [1.807, 2.05) is 0 Å². The van der Waals surface area contributed by atoms with Crippen LogP contribution in [0.3, 0.4) is 0 Å². The van der Waals surface area contributed by atoms with Gasteiger partial charge in [0.05, 0.1) is 0 Å². The summed E-state index contributed by atoms with van der Waals surface area (Å²) >= 11 is 0. The molecule has 0 radical (unpaired) electrons. The summed E-state index contributed by atoms with van der Waals surface area (Å²) in [5.41, 5.74) is 5.88. The van der Waals surface area contributed by atoms with Crippen molar-refractivity contribution in [1.82, 2.24) is 0 Å². The molecule has 0 aromatic heterocycles. The van der Waals surface area contributed by atoms with Crippen molar-refractivity contribution in [3.63, 3.8) is 0 Å². The molecule has 25 heavy (non-hydrogen) atoms. The molecule has 0 nitrogen and oxygen atoms in total. The van der Waals surface area contributed by atoms with Gasteiger partial charge in [0.25, 0.3) is 0 Å². The third-order valence-electron chi connectivity index (χ3n) is 4.36. The molecule has 142 valence electrons. The van der Waals surface area contributed by atoms with Gasteiger partial charge in [0, 0.05) is 0 Å². The first kappa shape index (κ1) is 23.7. The van der Waals surface area contributed by atoms with E-state index in [0.717, 1.165) is 6.42 Å². The van der Waals surface area contributed by atoms with Crippen molar-refractivity contribution in [2.45, 2.75) is 93.4 Å². The van der Waals surface area contributed by atoms with Gasteiger partial charge >= 0.3 is 0 Å². The van der Waals surface area contributed by atoms with E-state index in [1.165, 1.54) is 60.8 Å². The molecule has 0 aromatic rings. The van der Waals surface area contributed by atoms with E-state index in [2.05, 4.69) is 84.9 Å². The number of allylic oxidation sites excluding steroid dienone is 10. The molecule has 0 saturated heterocycles. The summed E-state index contributed by atoms with van der Waals surface area (Å²) in [4.78, 5) is 0. The molecule has 0 rings (SSSR count). The lowest BCUT2D eigenvalue weighted by Gasteiger charge is -2.03. The predicted octanol–water partition coefficient (Wildman–Crippen LogP) is 8.73. The minimum Gasteiger partial charge on any atom is -0.0859 e. The molecule has 0 saturated carbocycles. The first-order chi connectivity index (χ1) is 11.8. The van der Waals surface area contributed by atoms with Gasteiger partial charge in [-0.15, -0.1) is 0 Å². The highest BCUT2D eigenvalue weighted by Gasteiger charge is 1.95. The van der Waals surface area contributed by atoms with Gasteiger partial charge in [0.15, 0.2) is 0 Å². The molecule has 0 N–H and O–H groups in total. The Morgan fingerprint density at radius 3 is 1.80 bits per heavy atom. The quantitative estimate of drug-likeness (QED) is 0.311. The van der Waals surface area contributed by atoms with E-state index >= 15 is 0 Å². The standard InChI is InChI=1S/C25H42/c1-21(2)13-10-17-23(5)15-8-9-16-24(6)19-12-20-25(7)18-11-14-22(3)4/h8,13-16,20,23H,9-12,17-19H2,1-7H3/b15-8+,24-16?,25-20?. The summed E-state index contributed by atoms with van der Waals surface area (Å²) in [6.07, 6.45) is 22.4. The van der Waals surface area contributed by atoms with Gasteiger partial charge in [-0.25, -0.2) is 0 Å². The summed E-state index contributed by atoms with van der Waals surface area (Å²) in [6, 6.07) is 0. The molecule has 0 bridgehead atoms. The Kier molecular flexibility index (Phi) is 14.2. The Labute approximate surface area is 158 Å². The second-order valence-corrected chi connectivity index (χ2v) is 7.96. The van der Waals surface area contributed by atoms with Crippen LogP contribution in [0.15, 0.2) is 58.7 Å². The molecular formula is C25H42. The van der Waals surface area contributed by atoms with Crippen molar-refractivity contribution >= 4 is 0 Å². The maximum Gasteiger partial charge on any atom is -0.0166 e. The van der Waals surface area contributed by atoms with Gasteiger partial charge in [-0.2, -0.15) is 0 Å². The first-order valence-electron chi connectivity index (χ1n) is 10.1. The molecule has 0 aliphatic carbocycles. The molecule has 0 spiro atoms. The van der Waals surface area contributed by atoms with Gasteiger partial charge in [0.1, 0.15) is 0 Å².